The lowest BCUT2D eigenvalue weighted by molar-refractivity contribution is 0.100. The zero-order valence-corrected chi connectivity index (χ0v) is 13.1. The van der Waals surface area contributed by atoms with Crippen molar-refractivity contribution in [3.05, 3.63) is 30.6 Å². The van der Waals surface area contributed by atoms with Gasteiger partial charge in [0.2, 0.25) is 0 Å². The van der Waals surface area contributed by atoms with Gasteiger partial charge in [0.05, 0.1) is 17.4 Å². The first kappa shape index (κ1) is 14.2. The Kier molecular flexibility index (Phi) is 4.10. The summed E-state index contributed by atoms with van der Waals surface area (Å²) in [6.07, 6.45) is 3.30. The zero-order chi connectivity index (χ0) is 14.8. The van der Waals surface area contributed by atoms with Gasteiger partial charge in [-0.1, -0.05) is 12.1 Å². The molecule has 1 N–H and O–H groups in total. The number of hydrogen-bond acceptors (Lipinski definition) is 4. The Morgan fingerprint density at radius 2 is 1.95 bits per heavy atom. The zero-order valence-electron chi connectivity index (χ0n) is 13.1. The Bertz CT molecular complexity index is 608. The Morgan fingerprint density at radius 1 is 1.09 bits per heavy atom. The van der Waals surface area contributed by atoms with Crippen LogP contribution in [0.15, 0.2) is 30.6 Å². The summed E-state index contributed by atoms with van der Waals surface area (Å²) < 4.78 is 2.28. The Morgan fingerprint density at radius 3 is 2.77 bits per heavy atom. The van der Waals surface area contributed by atoms with E-state index in [0.29, 0.717) is 0 Å². The fourth-order valence-corrected chi connectivity index (χ4v) is 3.74. The van der Waals surface area contributed by atoms with Crippen molar-refractivity contribution in [3.63, 3.8) is 0 Å². The molecule has 0 bridgehead atoms. The van der Waals surface area contributed by atoms with Gasteiger partial charge in [0.1, 0.15) is 0 Å². The first-order valence-electron chi connectivity index (χ1n) is 8.47. The molecule has 1 aromatic heterocycles. The normalized spacial score (nSPS) is 24.3. The second kappa shape index (κ2) is 6.36. The molecule has 0 unspecified atom stereocenters. The fraction of sp³-hybridized carbons (Fsp3) is 0.588. The molecule has 0 aliphatic carbocycles. The van der Waals surface area contributed by atoms with Gasteiger partial charge in [0, 0.05) is 51.9 Å². The average molecular weight is 299 g/mol. The molecule has 2 saturated heterocycles. The molecule has 0 saturated carbocycles. The number of imidazole rings is 1. The van der Waals surface area contributed by atoms with Gasteiger partial charge < -0.3 is 9.88 Å². The number of nitrogens with zero attached hydrogens (tertiary/aromatic N) is 4. The van der Waals surface area contributed by atoms with Crippen molar-refractivity contribution < 1.29 is 0 Å². The third kappa shape index (κ3) is 2.89. The van der Waals surface area contributed by atoms with Crippen LogP contribution >= 0.6 is 0 Å². The molecule has 3 heterocycles. The molecular weight excluding hydrogens is 274 g/mol. The molecule has 5 heteroatoms. The maximum atomic E-state index is 4.48. The van der Waals surface area contributed by atoms with Gasteiger partial charge in [0.25, 0.3) is 0 Å². The molecule has 2 aliphatic rings. The summed E-state index contributed by atoms with van der Waals surface area (Å²) in [6, 6.07) is 9.17. The van der Waals surface area contributed by atoms with Crippen molar-refractivity contribution >= 4 is 11.0 Å². The summed E-state index contributed by atoms with van der Waals surface area (Å²) in [5.74, 6) is 0. The van der Waals surface area contributed by atoms with Gasteiger partial charge >= 0.3 is 0 Å². The van der Waals surface area contributed by atoms with Crippen LogP contribution < -0.4 is 5.32 Å². The summed E-state index contributed by atoms with van der Waals surface area (Å²) in [5, 5.41) is 3.48. The lowest BCUT2D eigenvalue weighted by atomic mass is 10.2. The topological polar surface area (TPSA) is 36.3 Å². The SMILES string of the molecule is c1ccc2c(c1)ncn2CCN1CCN([C@H]2CCNC2)CC1. The van der Waals surface area contributed by atoms with E-state index in [4.69, 9.17) is 0 Å². The molecule has 4 rings (SSSR count). The minimum Gasteiger partial charge on any atom is -0.329 e. The number of fused-ring (bicyclic) bond motifs is 1. The molecular formula is C17H25N5. The molecule has 118 valence electrons. The Labute approximate surface area is 131 Å². The van der Waals surface area contributed by atoms with E-state index < -0.39 is 0 Å². The number of para-hydroxylation sites is 2. The number of aromatic nitrogens is 2. The highest BCUT2D eigenvalue weighted by Crippen LogP contribution is 2.14. The largest absolute Gasteiger partial charge is 0.329 e. The van der Waals surface area contributed by atoms with Crippen LogP contribution in [0, 0.1) is 0 Å². The van der Waals surface area contributed by atoms with Gasteiger partial charge in [-0.3, -0.25) is 9.80 Å². The van der Waals surface area contributed by atoms with E-state index in [1.807, 2.05) is 6.33 Å². The van der Waals surface area contributed by atoms with Crippen molar-refractivity contribution in [2.75, 3.05) is 45.8 Å². The van der Waals surface area contributed by atoms with Crippen LogP contribution in [0.3, 0.4) is 0 Å². The van der Waals surface area contributed by atoms with E-state index in [1.54, 1.807) is 0 Å². The van der Waals surface area contributed by atoms with Crippen molar-refractivity contribution in [1.82, 2.24) is 24.7 Å². The highest BCUT2D eigenvalue weighted by Gasteiger charge is 2.25. The molecule has 2 fully saturated rings. The summed E-state index contributed by atoms with van der Waals surface area (Å²) in [6.45, 7) is 9.36. The molecule has 2 aliphatic heterocycles. The van der Waals surface area contributed by atoms with Crippen LogP contribution in [0.5, 0.6) is 0 Å². The number of hydrogen-bond donors (Lipinski definition) is 1. The van der Waals surface area contributed by atoms with Crippen LogP contribution in [-0.4, -0.2) is 71.2 Å². The third-order valence-corrected chi connectivity index (χ3v) is 5.14. The first-order valence-corrected chi connectivity index (χ1v) is 8.47. The molecule has 0 spiro atoms. The van der Waals surface area contributed by atoms with Crippen LogP contribution in [-0.2, 0) is 6.54 Å². The average Bonchev–Trinajstić information content (AvgIpc) is 3.23. The van der Waals surface area contributed by atoms with E-state index in [2.05, 4.69) is 48.9 Å². The molecule has 1 aromatic carbocycles. The minimum atomic E-state index is 0.778. The first-order chi connectivity index (χ1) is 10.9. The predicted octanol–water partition coefficient (Wildman–Crippen LogP) is 1.02. The maximum Gasteiger partial charge on any atom is 0.0958 e. The number of benzene rings is 1. The van der Waals surface area contributed by atoms with Crippen LogP contribution in [0.2, 0.25) is 0 Å². The molecule has 2 aromatic rings. The molecule has 22 heavy (non-hydrogen) atoms. The lowest BCUT2D eigenvalue weighted by Gasteiger charge is -2.37. The predicted molar refractivity (Wildman–Crippen MR) is 89.0 cm³/mol. The van der Waals surface area contributed by atoms with E-state index in [1.165, 1.54) is 51.2 Å². The van der Waals surface area contributed by atoms with Gasteiger partial charge in [-0.05, 0) is 25.1 Å². The lowest BCUT2D eigenvalue weighted by Crippen LogP contribution is -2.51. The minimum absolute atomic E-state index is 0.778. The Hall–Kier alpha value is -1.43. The molecule has 1 atom stereocenters. The number of nitrogens with one attached hydrogen (secondary N) is 1. The highest BCUT2D eigenvalue weighted by atomic mass is 15.3. The maximum absolute atomic E-state index is 4.48. The van der Waals surface area contributed by atoms with Gasteiger partial charge in [0.15, 0.2) is 0 Å². The van der Waals surface area contributed by atoms with E-state index in [0.717, 1.165) is 24.6 Å². The van der Waals surface area contributed by atoms with Gasteiger partial charge in [-0.2, -0.15) is 0 Å². The summed E-state index contributed by atoms with van der Waals surface area (Å²) in [7, 11) is 0. The van der Waals surface area contributed by atoms with Crippen LogP contribution in [0.25, 0.3) is 11.0 Å². The molecule has 0 amide bonds. The van der Waals surface area contributed by atoms with Gasteiger partial charge in [-0.15, -0.1) is 0 Å². The molecule has 0 radical (unpaired) electrons. The second-order valence-corrected chi connectivity index (χ2v) is 6.45. The second-order valence-electron chi connectivity index (χ2n) is 6.45. The van der Waals surface area contributed by atoms with Crippen molar-refractivity contribution in [3.8, 4) is 0 Å². The van der Waals surface area contributed by atoms with Gasteiger partial charge in [-0.25, -0.2) is 4.98 Å². The summed E-state index contributed by atoms with van der Waals surface area (Å²) in [5.41, 5.74) is 2.35. The quantitative estimate of drug-likeness (QED) is 0.914. The molecule has 5 nitrogen and oxygen atoms in total. The van der Waals surface area contributed by atoms with Crippen molar-refractivity contribution in [1.29, 1.82) is 0 Å². The standard InChI is InChI=1S/C17H25N5/c1-2-4-17-16(3-1)19-14-22(17)12-9-20-7-10-21(11-8-20)15-5-6-18-13-15/h1-4,14-15,18H,5-13H2/t15-/m0/s1. The number of piperazine rings is 1. The van der Waals surface area contributed by atoms with Crippen molar-refractivity contribution in [2.45, 2.75) is 19.0 Å². The highest BCUT2D eigenvalue weighted by molar-refractivity contribution is 5.74. The smallest absolute Gasteiger partial charge is 0.0958 e. The monoisotopic (exact) mass is 299 g/mol. The van der Waals surface area contributed by atoms with Crippen molar-refractivity contribution in [2.24, 2.45) is 0 Å². The van der Waals surface area contributed by atoms with E-state index in [9.17, 15) is 0 Å². The third-order valence-electron chi connectivity index (χ3n) is 5.14. The summed E-state index contributed by atoms with van der Waals surface area (Å²) in [4.78, 5) is 9.74. The van der Waals surface area contributed by atoms with Crippen LogP contribution in [0.4, 0.5) is 0 Å². The van der Waals surface area contributed by atoms with E-state index in [-0.39, 0.29) is 0 Å². The Balaban J connectivity index is 1.30. The fourth-order valence-electron chi connectivity index (χ4n) is 3.74. The summed E-state index contributed by atoms with van der Waals surface area (Å²) >= 11 is 0. The van der Waals surface area contributed by atoms with E-state index >= 15 is 0 Å². The van der Waals surface area contributed by atoms with Crippen LogP contribution in [0.1, 0.15) is 6.42 Å². The number of rotatable bonds is 4.